The maximum atomic E-state index is 10.4. The van der Waals surface area contributed by atoms with Crippen molar-refractivity contribution in [1.82, 2.24) is 0 Å². The van der Waals surface area contributed by atoms with Crippen LogP contribution in [-0.2, 0) is 6.54 Å². The van der Waals surface area contributed by atoms with Gasteiger partial charge in [-0.1, -0.05) is 6.07 Å². The van der Waals surface area contributed by atoms with Crippen LogP contribution in [0.25, 0.3) is 0 Å². The van der Waals surface area contributed by atoms with Crippen LogP contribution in [0.15, 0.2) is 47.6 Å². The summed E-state index contributed by atoms with van der Waals surface area (Å²) in [5, 5.41) is 24.8. The highest BCUT2D eigenvalue weighted by atomic mass is 16.3. The van der Waals surface area contributed by atoms with E-state index in [1.54, 1.807) is 24.3 Å². The SMILES string of the molecule is O=Nc1ccc(O)c(CNc2cccc(O)c2)c1. The number of nitroso groups, excluding NO2 is 1. The predicted octanol–water partition coefficient (Wildman–Crippen LogP) is 3.11. The summed E-state index contributed by atoms with van der Waals surface area (Å²) in [5.74, 6) is 0.252. The largest absolute Gasteiger partial charge is 0.508 e. The second-order valence-corrected chi connectivity index (χ2v) is 3.81. The molecule has 2 rings (SSSR count). The van der Waals surface area contributed by atoms with Gasteiger partial charge in [-0.2, -0.15) is 0 Å². The zero-order chi connectivity index (χ0) is 13.0. The van der Waals surface area contributed by atoms with Crippen LogP contribution in [-0.4, -0.2) is 10.2 Å². The van der Waals surface area contributed by atoms with E-state index in [4.69, 9.17) is 0 Å². The Bertz CT molecular complexity index is 570. The summed E-state index contributed by atoms with van der Waals surface area (Å²) in [4.78, 5) is 10.4. The van der Waals surface area contributed by atoms with Gasteiger partial charge in [0.1, 0.15) is 17.2 Å². The van der Waals surface area contributed by atoms with Crippen LogP contribution in [0, 0.1) is 4.91 Å². The van der Waals surface area contributed by atoms with Crippen molar-refractivity contribution in [3.63, 3.8) is 0 Å². The van der Waals surface area contributed by atoms with Gasteiger partial charge in [0.15, 0.2) is 0 Å². The number of nitrogens with zero attached hydrogens (tertiary/aromatic N) is 1. The van der Waals surface area contributed by atoms with Crippen LogP contribution in [0.2, 0.25) is 0 Å². The molecule has 2 aromatic carbocycles. The Morgan fingerprint density at radius 3 is 2.67 bits per heavy atom. The van der Waals surface area contributed by atoms with Crippen LogP contribution < -0.4 is 5.32 Å². The zero-order valence-electron chi connectivity index (χ0n) is 9.50. The van der Waals surface area contributed by atoms with Gasteiger partial charge in [-0.25, -0.2) is 0 Å². The minimum Gasteiger partial charge on any atom is -0.508 e. The first kappa shape index (κ1) is 11.9. The quantitative estimate of drug-likeness (QED) is 0.722. The Hall–Kier alpha value is -2.56. The van der Waals surface area contributed by atoms with Crippen molar-refractivity contribution in [3.05, 3.63) is 52.9 Å². The van der Waals surface area contributed by atoms with Crippen molar-refractivity contribution in [3.8, 4) is 11.5 Å². The molecule has 3 N–H and O–H groups in total. The van der Waals surface area contributed by atoms with Crippen molar-refractivity contribution in [2.45, 2.75) is 6.54 Å². The Morgan fingerprint density at radius 1 is 1.11 bits per heavy atom. The highest BCUT2D eigenvalue weighted by molar-refractivity contribution is 5.51. The number of anilines is 1. The lowest BCUT2D eigenvalue weighted by Gasteiger charge is -2.08. The second kappa shape index (κ2) is 5.18. The molecule has 5 heteroatoms. The molecule has 0 radical (unpaired) electrons. The topological polar surface area (TPSA) is 81.9 Å². The summed E-state index contributed by atoms with van der Waals surface area (Å²) < 4.78 is 0. The molecule has 18 heavy (non-hydrogen) atoms. The van der Waals surface area contributed by atoms with E-state index in [2.05, 4.69) is 10.5 Å². The predicted molar refractivity (Wildman–Crippen MR) is 69.0 cm³/mol. The monoisotopic (exact) mass is 244 g/mol. The lowest BCUT2D eigenvalue weighted by Crippen LogP contribution is -1.99. The molecule has 0 aromatic heterocycles. The summed E-state index contributed by atoms with van der Waals surface area (Å²) in [6, 6.07) is 11.0. The van der Waals surface area contributed by atoms with Crippen LogP contribution in [0.3, 0.4) is 0 Å². The fourth-order valence-corrected chi connectivity index (χ4v) is 1.58. The van der Waals surface area contributed by atoms with E-state index in [0.29, 0.717) is 12.1 Å². The van der Waals surface area contributed by atoms with E-state index in [9.17, 15) is 15.1 Å². The molecular formula is C13H12N2O3. The van der Waals surface area contributed by atoms with E-state index in [0.717, 1.165) is 5.69 Å². The molecule has 0 unspecified atom stereocenters. The average Bonchev–Trinajstić information content (AvgIpc) is 2.38. The number of phenols is 2. The number of hydrogen-bond acceptors (Lipinski definition) is 5. The molecule has 0 aliphatic heterocycles. The Labute approximate surface area is 104 Å². The normalized spacial score (nSPS) is 10.0. The highest BCUT2D eigenvalue weighted by Crippen LogP contribution is 2.24. The van der Waals surface area contributed by atoms with Gasteiger partial charge in [0.2, 0.25) is 0 Å². The van der Waals surface area contributed by atoms with Crippen molar-refractivity contribution >= 4 is 11.4 Å². The zero-order valence-corrected chi connectivity index (χ0v) is 9.50. The summed E-state index contributed by atoms with van der Waals surface area (Å²) in [6.07, 6.45) is 0. The number of hydrogen-bond donors (Lipinski definition) is 3. The Balaban J connectivity index is 2.12. The highest BCUT2D eigenvalue weighted by Gasteiger charge is 2.03. The van der Waals surface area contributed by atoms with Crippen molar-refractivity contribution in [1.29, 1.82) is 0 Å². The fraction of sp³-hybridized carbons (Fsp3) is 0.0769. The number of aromatic hydroxyl groups is 2. The Morgan fingerprint density at radius 2 is 1.94 bits per heavy atom. The van der Waals surface area contributed by atoms with E-state index >= 15 is 0 Å². The van der Waals surface area contributed by atoms with E-state index in [1.165, 1.54) is 18.2 Å². The standard InChI is InChI=1S/C13H12N2O3/c16-12-3-1-2-10(7-12)14-8-9-6-11(15-18)4-5-13(9)17/h1-7,14,16-17H,8H2. The van der Waals surface area contributed by atoms with Gasteiger partial charge in [0.25, 0.3) is 0 Å². The Kier molecular flexibility index (Phi) is 3.43. The summed E-state index contributed by atoms with van der Waals surface area (Å²) in [7, 11) is 0. The number of nitrogens with one attached hydrogen (secondary N) is 1. The average molecular weight is 244 g/mol. The molecule has 0 spiro atoms. The van der Waals surface area contributed by atoms with Gasteiger partial charge in [0.05, 0.1) is 0 Å². The van der Waals surface area contributed by atoms with Crippen molar-refractivity contribution < 1.29 is 10.2 Å². The number of benzene rings is 2. The maximum absolute atomic E-state index is 10.4. The molecule has 0 aliphatic carbocycles. The first-order valence-corrected chi connectivity index (χ1v) is 5.37. The van der Waals surface area contributed by atoms with Gasteiger partial charge in [-0.15, -0.1) is 4.91 Å². The van der Waals surface area contributed by atoms with Crippen LogP contribution >= 0.6 is 0 Å². The van der Waals surface area contributed by atoms with Gasteiger partial charge < -0.3 is 15.5 Å². The van der Waals surface area contributed by atoms with E-state index in [1.807, 2.05) is 0 Å². The van der Waals surface area contributed by atoms with Crippen molar-refractivity contribution in [2.24, 2.45) is 5.18 Å². The molecule has 0 atom stereocenters. The third kappa shape index (κ3) is 2.76. The lowest BCUT2D eigenvalue weighted by molar-refractivity contribution is 0.469. The maximum Gasteiger partial charge on any atom is 0.120 e. The minimum atomic E-state index is 0.0926. The molecule has 0 saturated carbocycles. The van der Waals surface area contributed by atoms with Crippen LogP contribution in [0.1, 0.15) is 5.56 Å². The molecule has 0 fully saturated rings. The molecular weight excluding hydrogens is 232 g/mol. The van der Waals surface area contributed by atoms with E-state index < -0.39 is 0 Å². The lowest BCUT2D eigenvalue weighted by atomic mass is 10.1. The van der Waals surface area contributed by atoms with Crippen LogP contribution in [0.4, 0.5) is 11.4 Å². The third-order valence-corrected chi connectivity index (χ3v) is 2.50. The summed E-state index contributed by atoms with van der Waals surface area (Å²) in [5.41, 5.74) is 1.55. The molecule has 5 nitrogen and oxygen atoms in total. The molecule has 92 valence electrons. The second-order valence-electron chi connectivity index (χ2n) is 3.81. The van der Waals surface area contributed by atoms with Crippen LogP contribution in [0.5, 0.6) is 11.5 Å². The van der Waals surface area contributed by atoms with E-state index in [-0.39, 0.29) is 17.2 Å². The molecule has 0 aliphatic rings. The smallest absolute Gasteiger partial charge is 0.120 e. The first-order valence-electron chi connectivity index (χ1n) is 5.37. The summed E-state index contributed by atoms with van der Waals surface area (Å²) >= 11 is 0. The van der Waals surface area contributed by atoms with Gasteiger partial charge >= 0.3 is 0 Å². The molecule has 0 heterocycles. The summed E-state index contributed by atoms with van der Waals surface area (Å²) in [6.45, 7) is 0.332. The minimum absolute atomic E-state index is 0.0926. The fourth-order valence-electron chi connectivity index (χ4n) is 1.58. The first-order chi connectivity index (χ1) is 8.69. The molecule has 0 amide bonds. The molecule has 0 bridgehead atoms. The number of rotatable bonds is 4. The van der Waals surface area contributed by atoms with Gasteiger partial charge in [-0.3, -0.25) is 0 Å². The van der Waals surface area contributed by atoms with Crippen molar-refractivity contribution in [2.75, 3.05) is 5.32 Å². The molecule has 2 aromatic rings. The number of phenolic OH excluding ortho intramolecular Hbond substituents is 2. The van der Waals surface area contributed by atoms with Gasteiger partial charge in [0, 0.05) is 23.9 Å². The van der Waals surface area contributed by atoms with Gasteiger partial charge in [-0.05, 0) is 35.5 Å². The molecule has 0 saturated heterocycles. The third-order valence-electron chi connectivity index (χ3n) is 2.50.